The molecule has 0 saturated carbocycles. The van der Waals surface area contributed by atoms with Crippen LogP contribution in [0.3, 0.4) is 0 Å². The first kappa shape index (κ1) is 29.3. The number of alkyl halides is 3. The average molecular weight is 579 g/mol. The van der Waals surface area contributed by atoms with Crippen molar-refractivity contribution >= 4 is 16.7 Å². The number of nitrogens with zero attached hydrogens (tertiary/aromatic N) is 2. The number of halogens is 3. The number of hydrogen-bond donors (Lipinski definition) is 0. The zero-order chi connectivity index (χ0) is 30.0. The molecule has 4 aromatic carbocycles. The minimum Gasteiger partial charge on any atom is -0.497 e. The number of carbonyl (C=O) groups excluding carboxylic acids is 1. The lowest BCUT2D eigenvalue weighted by Crippen LogP contribution is -2.55. The molecule has 1 atom stereocenters. The molecule has 6 nitrogen and oxygen atoms in total. The van der Waals surface area contributed by atoms with Gasteiger partial charge in [-0.2, -0.15) is 13.2 Å². The lowest BCUT2D eigenvalue weighted by atomic mass is 9.91. The minimum atomic E-state index is -4.42. The molecule has 1 aliphatic heterocycles. The number of amides is 1. The van der Waals surface area contributed by atoms with Crippen LogP contribution >= 0.6 is 0 Å². The maximum atomic E-state index is 14.1. The summed E-state index contributed by atoms with van der Waals surface area (Å²) in [5.41, 5.74) is 0.663. The van der Waals surface area contributed by atoms with E-state index in [4.69, 9.17) is 14.2 Å². The summed E-state index contributed by atoms with van der Waals surface area (Å²) in [6, 6.07) is 21.0. The van der Waals surface area contributed by atoms with E-state index >= 15 is 0 Å². The van der Waals surface area contributed by atoms with Gasteiger partial charge in [0.05, 0.1) is 19.8 Å². The monoisotopic (exact) mass is 578 g/mol. The number of ether oxygens (including phenoxy) is 3. The molecule has 0 spiro atoms. The highest BCUT2D eigenvalue weighted by Crippen LogP contribution is 2.35. The maximum absolute atomic E-state index is 14.1. The summed E-state index contributed by atoms with van der Waals surface area (Å²) in [7, 11) is 5.26. The number of benzene rings is 4. The molecular formula is C33H33F3N2O4. The zero-order valence-corrected chi connectivity index (χ0v) is 23.9. The summed E-state index contributed by atoms with van der Waals surface area (Å²) < 4.78 is 55.8. The molecule has 1 heterocycles. The van der Waals surface area contributed by atoms with Crippen LogP contribution in [0.2, 0.25) is 0 Å². The highest BCUT2D eigenvalue weighted by molar-refractivity contribution is 6.00. The quantitative estimate of drug-likeness (QED) is 0.209. The molecule has 1 unspecified atom stereocenters. The highest BCUT2D eigenvalue weighted by atomic mass is 19.4. The number of rotatable bonds is 9. The van der Waals surface area contributed by atoms with Gasteiger partial charge >= 0.3 is 6.18 Å². The molecule has 42 heavy (non-hydrogen) atoms. The summed E-state index contributed by atoms with van der Waals surface area (Å²) >= 11 is 0. The van der Waals surface area contributed by atoms with E-state index in [0.717, 1.165) is 41.6 Å². The number of fused-ring (bicyclic) bond motifs is 1. The van der Waals surface area contributed by atoms with Gasteiger partial charge in [0.2, 0.25) is 0 Å². The second-order valence-electron chi connectivity index (χ2n) is 10.6. The summed E-state index contributed by atoms with van der Waals surface area (Å²) in [4.78, 5) is 18.2. The summed E-state index contributed by atoms with van der Waals surface area (Å²) in [5, 5.41) is 1.52. The Bertz CT molecular complexity index is 1570. The Kier molecular flexibility index (Phi) is 8.31. The van der Waals surface area contributed by atoms with Gasteiger partial charge in [0.15, 0.2) is 0 Å². The molecule has 4 aromatic rings. The van der Waals surface area contributed by atoms with Crippen molar-refractivity contribution in [3.05, 3.63) is 95.6 Å². The zero-order valence-electron chi connectivity index (χ0n) is 23.9. The van der Waals surface area contributed by atoms with E-state index in [1.54, 1.807) is 32.4 Å². The second kappa shape index (κ2) is 11.9. The largest absolute Gasteiger partial charge is 0.497 e. The molecule has 1 saturated heterocycles. The first-order valence-corrected chi connectivity index (χ1v) is 13.7. The Morgan fingerprint density at radius 2 is 1.64 bits per heavy atom. The Morgan fingerprint density at radius 3 is 2.29 bits per heavy atom. The van der Waals surface area contributed by atoms with Crippen LogP contribution in [0, 0.1) is 5.92 Å². The fourth-order valence-corrected chi connectivity index (χ4v) is 5.35. The van der Waals surface area contributed by atoms with Crippen LogP contribution in [0.1, 0.15) is 28.4 Å². The maximum Gasteiger partial charge on any atom is 0.416 e. The standard InChI is InChI=1S/C33H33F3N2O4/c1-21(25-18-37(2)19-25)38(20-24-8-12-28(40-3)17-31(24)41-4)32(39)23-9-15-29-22(16-23)6-5-7-30(29)42-27-13-10-26(11-14-27)33(34,35)36/h5-17,21,25H,18-20H2,1-4H3. The van der Waals surface area contributed by atoms with E-state index in [2.05, 4.69) is 18.9 Å². The molecule has 0 N–H and O–H groups in total. The molecule has 0 bridgehead atoms. The van der Waals surface area contributed by atoms with Crippen LogP contribution in [0.25, 0.3) is 10.8 Å². The van der Waals surface area contributed by atoms with Gasteiger partial charge in [-0.05, 0) is 80.0 Å². The van der Waals surface area contributed by atoms with Crippen molar-refractivity contribution < 1.29 is 32.2 Å². The van der Waals surface area contributed by atoms with Crippen molar-refractivity contribution in [3.63, 3.8) is 0 Å². The number of likely N-dealkylation sites (tertiary alicyclic amines) is 1. The van der Waals surface area contributed by atoms with E-state index in [0.29, 0.717) is 35.3 Å². The first-order valence-electron chi connectivity index (χ1n) is 13.7. The van der Waals surface area contributed by atoms with Crippen LogP contribution in [-0.2, 0) is 12.7 Å². The van der Waals surface area contributed by atoms with Gasteiger partial charge in [-0.15, -0.1) is 0 Å². The molecular weight excluding hydrogens is 545 g/mol. The summed E-state index contributed by atoms with van der Waals surface area (Å²) in [5.74, 6) is 2.32. The third-order valence-corrected chi connectivity index (χ3v) is 7.86. The predicted octanol–water partition coefficient (Wildman–Crippen LogP) is 7.26. The van der Waals surface area contributed by atoms with E-state index in [1.165, 1.54) is 12.1 Å². The van der Waals surface area contributed by atoms with Gasteiger partial charge in [-0.25, -0.2) is 0 Å². The topological polar surface area (TPSA) is 51.2 Å². The Morgan fingerprint density at radius 1 is 0.929 bits per heavy atom. The highest BCUT2D eigenvalue weighted by Gasteiger charge is 2.35. The van der Waals surface area contributed by atoms with Crippen molar-refractivity contribution in [1.82, 2.24) is 9.80 Å². The SMILES string of the molecule is COc1ccc(CN(C(=O)c2ccc3c(Oc4ccc(C(F)(F)F)cc4)cccc3c2)C(C)C2CN(C)C2)c(OC)c1. The Hall–Kier alpha value is -4.24. The van der Waals surface area contributed by atoms with E-state index < -0.39 is 11.7 Å². The van der Waals surface area contributed by atoms with E-state index in [9.17, 15) is 18.0 Å². The van der Waals surface area contributed by atoms with Gasteiger partial charge in [-0.3, -0.25) is 4.79 Å². The van der Waals surface area contributed by atoms with Crippen molar-refractivity contribution in [3.8, 4) is 23.0 Å². The molecule has 1 aliphatic rings. The van der Waals surface area contributed by atoms with Gasteiger partial charge in [-0.1, -0.05) is 12.1 Å². The summed E-state index contributed by atoms with van der Waals surface area (Å²) in [6.07, 6.45) is -4.42. The fourth-order valence-electron chi connectivity index (χ4n) is 5.35. The van der Waals surface area contributed by atoms with E-state index in [1.807, 2.05) is 41.3 Å². The summed E-state index contributed by atoms with van der Waals surface area (Å²) in [6.45, 7) is 4.27. The van der Waals surface area contributed by atoms with Gasteiger partial charge in [0, 0.05) is 54.2 Å². The predicted molar refractivity (Wildman–Crippen MR) is 155 cm³/mol. The van der Waals surface area contributed by atoms with Gasteiger partial charge in [0.1, 0.15) is 23.0 Å². The molecule has 0 aliphatic carbocycles. The van der Waals surface area contributed by atoms with Crippen LogP contribution in [0.4, 0.5) is 13.2 Å². The molecule has 0 radical (unpaired) electrons. The number of hydrogen-bond acceptors (Lipinski definition) is 5. The smallest absolute Gasteiger partial charge is 0.416 e. The lowest BCUT2D eigenvalue weighted by molar-refractivity contribution is -0.137. The van der Waals surface area contributed by atoms with Crippen LogP contribution < -0.4 is 14.2 Å². The van der Waals surface area contributed by atoms with E-state index in [-0.39, 0.29) is 17.7 Å². The Balaban J connectivity index is 1.43. The average Bonchev–Trinajstić information content (AvgIpc) is 2.97. The number of carbonyl (C=O) groups is 1. The molecule has 220 valence electrons. The fraction of sp³-hybridized carbons (Fsp3) is 0.303. The normalized spacial score (nSPS) is 14.7. The molecule has 9 heteroatoms. The van der Waals surface area contributed by atoms with Crippen LogP contribution in [0.5, 0.6) is 23.0 Å². The van der Waals surface area contributed by atoms with Crippen LogP contribution in [0.15, 0.2) is 78.9 Å². The van der Waals surface area contributed by atoms with Crippen molar-refractivity contribution in [2.24, 2.45) is 5.92 Å². The van der Waals surface area contributed by atoms with Crippen molar-refractivity contribution in [2.75, 3.05) is 34.4 Å². The second-order valence-corrected chi connectivity index (χ2v) is 10.6. The Labute approximate surface area is 243 Å². The molecule has 1 amide bonds. The van der Waals surface area contributed by atoms with Gasteiger partial charge in [0.25, 0.3) is 5.91 Å². The van der Waals surface area contributed by atoms with Crippen LogP contribution in [-0.4, -0.2) is 56.1 Å². The first-order chi connectivity index (χ1) is 20.1. The molecule has 1 fully saturated rings. The number of methoxy groups -OCH3 is 2. The van der Waals surface area contributed by atoms with Gasteiger partial charge < -0.3 is 24.0 Å². The lowest BCUT2D eigenvalue weighted by Gasteiger charge is -2.44. The third-order valence-electron chi connectivity index (χ3n) is 7.86. The molecule has 0 aromatic heterocycles. The van der Waals surface area contributed by atoms with Crippen molar-refractivity contribution in [2.45, 2.75) is 25.7 Å². The minimum absolute atomic E-state index is 0.0226. The molecule has 5 rings (SSSR count). The van der Waals surface area contributed by atoms with Crippen molar-refractivity contribution in [1.29, 1.82) is 0 Å². The third kappa shape index (κ3) is 6.16.